The second kappa shape index (κ2) is 6.25. The highest BCUT2D eigenvalue weighted by Crippen LogP contribution is 2.29. The van der Waals surface area contributed by atoms with Gasteiger partial charge < -0.3 is 5.73 Å². The molecule has 1 saturated heterocycles. The Morgan fingerprint density at radius 2 is 1.86 bits per heavy atom. The topological polar surface area (TPSA) is 124 Å². The van der Waals surface area contributed by atoms with Crippen LogP contribution in [0, 0.1) is 5.92 Å². The van der Waals surface area contributed by atoms with Gasteiger partial charge in [0, 0.05) is 19.1 Å². The molecule has 9 heteroatoms. The summed E-state index contributed by atoms with van der Waals surface area (Å²) in [4.78, 5) is -0.297. The van der Waals surface area contributed by atoms with Gasteiger partial charge in [-0.25, -0.2) is 22.0 Å². The summed E-state index contributed by atoms with van der Waals surface area (Å²) in [5.74, 6) is 0.162. The number of hydrogen-bond donors (Lipinski definition) is 2. The Hall–Kier alpha value is -1.00. The fourth-order valence-corrected chi connectivity index (χ4v) is 5.26. The zero-order chi connectivity index (χ0) is 16.5. The Bertz CT molecular complexity index is 746. The zero-order valence-corrected chi connectivity index (χ0v) is 14.0. The lowest BCUT2D eigenvalue weighted by Gasteiger charge is -2.38. The third kappa shape index (κ3) is 3.33. The molecule has 0 amide bonds. The molecule has 2 unspecified atom stereocenters. The van der Waals surface area contributed by atoms with Crippen molar-refractivity contribution in [2.45, 2.75) is 35.6 Å². The molecule has 1 aromatic rings. The van der Waals surface area contributed by atoms with Crippen LogP contribution in [0.15, 0.2) is 34.1 Å². The van der Waals surface area contributed by atoms with Gasteiger partial charge in [-0.05, 0) is 37.0 Å². The first kappa shape index (κ1) is 17.4. The third-order valence-corrected chi connectivity index (χ3v) is 6.88. The van der Waals surface area contributed by atoms with Gasteiger partial charge in [-0.15, -0.1) is 0 Å². The van der Waals surface area contributed by atoms with Crippen molar-refractivity contribution in [3.8, 4) is 0 Å². The van der Waals surface area contributed by atoms with Crippen molar-refractivity contribution in [2.75, 3.05) is 13.1 Å². The first-order valence-corrected chi connectivity index (χ1v) is 10.0. The van der Waals surface area contributed by atoms with Crippen LogP contribution in [-0.4, -0.2) is 40.3 Å². The van der Waals surface area contributed by atoms with E-state index in [9.17, 15) is 16.8 Å². The maximum absolute atomic E-state index is 12.8. The summed E-state index contributed by atoms with van der Waals surface area (Å²) in [6, 6.07) is 4.83. The minimum absolute atomic E-state index is 0.0772. The first-order chi connectivity index (χ1) is 10.2. The lowest BCUT2D eigenvalue weighted by Crippen LogP contribution is -2.51. The molecule has 7 nitrogen and oxygen atoms in total. The van der Waals surface area contributed by atoms with Crippen molar-refractivity contribution in [1.82, 2.24) is 4.31 Å². The number of primary sulfonamides is 1. The smallest absolute Gasteiger partial charge is 0.243 e. The highest BCUT2D eigenvalue weighted by atomic mass is 32.2. The van der Waals surface area contributed by atoms with E-state index >= 15 is 0 Å². The van der Waals surface area contributed by atoms with Crippen LogP contribution in [0.1, 0.15) is 19.8 Å². The highest BCUT2D eigenvalue weighted by molar-refractivity contribution is 7.90. The van der Waals surface area contributed by atoms with Gasteiger partial charge in [0.05, 0.1) is 9.79 Å². The van der Waals surface area contributed by atoms with Crippen molar-refractivity contribution in [1.29, 1.82) is 0 Å². The van der Waals surface area contributed by atoms with Crippen molar-refractivity contribution in [3.05, 3.63) is 24.3 Å². The molecule has 1 aliphatic heterocycles. The second-order valence-corrected chi connectivity index (χ2v) is 9.01. The zero-order valence-electron chi connectivity index (χ0n) is 12.3. The van der Waals surface area contributed by atoms with Crippen LogP contribution in [0.2, 0.25) is 0 Å². The number of nitrogens with zero attached hydrogens (tertiary/aromatic N) is 1. The molecule has 4 N–H and O–H groups in total. The van der Waals surface area contributed by atoms with Gasteiger partial charge >= 0.3 is 0 Å². The standard InChI is InChI=1S/C13H21N3O4S2/c1-10-4-3-7-16(13(10)9-14)22(19,20)12-6-2-5-11(8-12)21(15,17)18/h2,5-6,8,10,13H,3-4,7,9,14H2,1H3,(H2,15,17,18). The van der Waals surface area contributed by atoms with Gasteiger partial charge in [-0.3, -0.25) is 0 Å². The SMILES string of the molecule is CC1CCCN(S(=O)(=O)c2cccc(S(N)(=O)=O)c2)C1CN. The third-order valence-electron chi connectivity index (χ3n) is 4.05. The van der Waals surface area contributed by atoms with E-state index in [0.717, 1.165) is 18.9 Å². The van der Waals surface area contributed by atoms with E-state index in [1.807, 2.05) is 6.92 Å². The van der Waals surface area contributed by atoms with Crippen LogP contribution in [-0.2, 0) is 20.0 Å². The molecule has 0 radical (unpaired) electrons. The van der Waals surface area contributed by atoms with Gasteiger partial charge in [0.1, 0.15) is 0 Å². The van der Waals surface area contributed by atoms with E-state index in [0.29, 0.717) is 6.54 Å². The lowest BCUT2D eigenvalue weighted by atomic mass is 9.93. The van der Waals surface area contributed by atoms with Crippen molar-refractivity contribution < 1.29 is 16.8 Å². The Balaban J connectivity index is 2.46. The molecule has 2 rings (SSSR count). The van der Waals surface area contributed by atoms with Crippen molar-refractivity contribution in [2.24, 2.45) is 16.8 Å². The first-order valence-electron chi connectivity index (χ1n) is 7.02. The number of piperidine rings is 1. The van der Waals surface area contributed by atoms with Crippen molar-refractivity contribution >= 4 is 20.0 Å². The fourth-order valence-electron chi connectivity index (χ4n) is 2.81. The minimum Gasteiger partial charge on any atom is -0.329 e. The lowest BCUT2D eigenvalue weighted by molar-refractivity contribution is 0.192. The van der Waals surface area contributed by atoms with Gasteiger partial charge in [0.2, 0.25) is 20.0 Å². The Morgan fingerprint density at radius 3 is 2.45 bits per heavy atom. The van der Waals surface area contributed by atoms with Crippen LogP contribution < -0.4 is 10.9 Å². The van der Waals surface area contributed by atoms with E-state index < -0.39 is 20.0 Å². The van der Waals surface area contributed by atoms with Crippen molar-refractivity contribution in [3.63, 3.8) is 0 Å². The average Bonchev–Trinajstić information content (AvgIpc) is 2.46. The molecule has 1 fully saturated rings. The predicted octanol–water partition coefficient (Wildman–Crippen LogP) is 0.0819. The summed E-state index contributed by atoms with van der Waals surface area (Å²) in [5, 5.41) is 5.07. The van der Waals surface area contributed by atoms with Crippen LogP contribution in [0.5, 0.6) is 0 Å². The minimum atomic E-state index is -3.95. The quantitative estimate of drug-likeness (QED) is 0.798. The molecule has 1 aliphatic rings. The summed E-state index contributed by atoms with van der Waals surface area (Å²) in [7, 11) is -7.76. The molecule has 0 saturated carbocycles. The monoisotopic (exact) mass is 347 g/mol. The summed E-state index contributed by atoms with van der Waals surface area (Å²) >= 11 is 0. The summed E-state index contributed by atoms with van der Waals surface area (Å²) in [6.07, 6.45) is 1.68. The maximum atomic E-state index is 12.8. The molecular formula is C13H21N3O4S2. The predicted molar refractivity (Wildman–Crippen MR) is 82.9 cm³/mol. The fraction of sp³-hybridized carbons (Fsp3) is 0.538. The molecular weight excluding hydrogens is 326 g/mol. The molecule has 0 aliphatic carbocycles. The van der Waals surface area contributed by atoms with E-state index in [1.165, 1.54) is 22.5 Å². The van der Waals surface area contributed by atoms with Gasteiger partial charge in [-0.1, -0.05) is 13.0 Å². The van der Waals surface area contributed by atoms with Gasteiger partial charge in [-0.2, -0.15) is 4.31 Å². The van der Waals surface area contributed by atoms with Gasteiger partial charge in [0.15, 0.2) is 0 Å². The second-order valence-electron chi connectivity index (χ2n) is 5.56. The van der Waals surface area contributed by atoms with E-state index in [2.05, 4.69) is 0 Å². The normalized spacial score (nSPS) is 24.3. The Morgan fingerprint density at radius 1 is 1.23 bits per heavy atom. The van der Waals surface area contributed by atoms with Crippen LogP contribution in [0.4, 0.5) is 0 Å². The number of sulfonamides is 2. The molecule has 22 heavy (non-hydrogen) atoms. The van der Waals surface area contributed by atoms with E-state index in [-0.39, 0.29) is 28.3 Å². The largest absolute Gasteiger partial charge is 0.329 e. The summed E-state index contributed by atoms with van der Waals surface area (Å²) in [6.45, 7) is 2.59. The number of nitrogens with two attached hydrogens (primary N) is 2. The van der Waals surface area contributed by atoms with E-state index in [1.54, 1.807) is 0 Å². The molecule has 2 atom stereocenters. The van der Waals surface area contributed by atoms with Gasteiger partial charge in [0.25, 0.3) is 0 Å². The van der Waals surface area contributed by atoms with E-state index in [4.69, 9.17) is 10.9 Å². The van der Waals surface area contributed by atoms with Crippen LogP contribution in [0.25, 0.3) is 0 Å². The molecule has 0 aromatic heterocycles. The molecule has 1 aromatic carbocycles. The number of benzene rings is 1. The van der Waals surface area contributed by atoms with Crippen LogP contribution >= 0.6 is 0 Å². The average molecular weight is 347 g/mol. The van der Waals surface area contributed by atoms with Crippen LogP contribution in [0.3, 0.4) is 0 Å². The summed E-state index contributed by atoms with van der Waals surface area (Å²) in [5.41, 5.74) is 5.74. The summed E-state index contributed by atoms with van der Waals surface area (Å²) < 4.78 is 49.8. The molecule has 0 spiro atoms. The Kier molecular flexibility index (Phi) is 4.93. The number of hydrogen-bond acceptors (Lipinski definition) is 5. The molecule has 0 bridgehead atoms. The number of rotatable bonds is 4. The Labute approximate surface area is 131 Å². The highest BCUT2D eigenvalue weighted by Gasteiger charge is 2.36. The maximum Gasteiger partial charge on any atom is 0.243 e. The molecule has 124 valence electrons. The molecule has 1 heterocycles.